The van der Waals surface area contributed by atoms with Crippen LogP contribution < -0.4 is 4.74 Å². The summed E-state index contributed by atoms with van der Waals surface area (Å²) in [6.07, 6.45) is 1.77. The molecule has 4 aromatic carbocycles. The molecule has 5 rings (SSSR count). The summed E-state index contributed by atoms with van der Waals surface area (Å²) in [4.78, 5) is 11.4. The molecule has 4 nitrogen and oxygen atoms in total. The largest absolute Gasteiger partial charge is 0.493 e. The summed E-state index contributed by atoms with van der Waals surface area (Å²) in [7, 11) is 1.41. The van der Waals surface area contributed by atoms with E-state index in [1.54, 1.807) is 0 Å². The Morgan fingerprint density at radius 3 is 2.10 bits per heavy atom. The lowest BCUT2D eigenvalue weighted by molar-refractivity contribution is -0.140. The van der Waals surface area contributed by atoms with E-state index >= 15 is 0 Å². The van der Waals surface area contributed by atoms with Crippen LogP contribution in [0.3, 0.4) is 0 Å². The Hall–Kier alpha value is -4.02. The molecule has 1 heterocycles. The maximum atomic E-state index is 11.4. The quantitative estimate of drug-likeness (QED) is 0.170. The van der Waals surface area contributed by atoms with Crippen molar-refractivity contribution in [2.75, 3.05) is 13.7 Å². The topological polar surface area (TPSA) is 40.5 Å². The number of fused-ring (bicyclic) bond motifs is 1. The summed E-state index contributed by atoms with van der Waals surface area (Å²) in [5.74, 6) is 0.606. The standard InChI is InChI=1S/C34H32ClNO3/c1-24-30(21-22-39-29-17-13-25(14-18-29)15-20-33(37)38-2)31-23-28(35)16-19-32(31)36(24)34(26-9-5-3-6-10-26)27-11-7-4-8-12-27/h3-14,16-19,23,34H,15,20-22H2,1-2H3. The SMILES string of the molecule is COC(=O)CCc1ccc(OCCc2c(C)n(C(c3ccccc3)c3ccccc3)c3ccc(Cl)cc23)cc1. The predicted molar refractivity (Wildman–Crippen MR) is 158 cm³/mol. The van der Waals surface area contributed by atoms with Gasteiger partial charge >= 0.3 is 5.97 Å². The molecule has 0 radical (unpaired) electrons. The highest BCUT2D eigenvalue weighted by atomic mass is 35.5. The zero-order chi connectivity index (χ0) is 27.2. The van der Waals surface area contributed by atoms with E-state index in [4.69, 9.17) is 21.1 Å². The van der Waals surface area contributed by atoms with Crippen molar-refractivity contribution in [3.8, 4) is 5.75 Å². The lowest BCUT2D eigenvalue weighted by Gasteiger charge is -2.23. The number of rotatable bonds is 10. The van der Waals surface area contributed by atoms with Crippen LogP contribution in [-0.2, 0) is 22.4 Å². The molecule has 0 aliphatic heterocycles. The number of nitrogens with zero attached hydrogens (tertiary/aromatic N) is 1. The average molecular weight is 538 g/mol. The molecule has 0 unspecified atom stereocenters. The lowest BCUT2D eigenvalue weighted by atomic mass is 9.98. The maximum absolute atomic E-state index is 11.4. The van der Waals surface area contributed by atoms with Crippen LogP contribution in [0.25, 0.3) is 10.9 Å². The molecule has 0 aliphatic rings. The molecule has 5 aromatic rings. The molecular formula is C34H32ClNO3. The molecule has 1 aromatic heterocycles. The fraction of sp³-hybridized carbons (Fsp3) is 0.206. The van der Waals surface area contributed by atoms with Gasteiger partial charge in [0.1, 0.15) is 5.75 Å². The number of hydrogen-bond donors (Lipinski definition) is 0. The molecule has 0 saturated heterocycles. The number of hydrogen-bond acceptors (Lipinski definition) is 3. The Bertz CT molecular complexity index is 1500. The third kappa shape index (κ3) is 6.02. The molecule has 5 heteroatoms. The van der Waals surface area contributed by atoms with E-state index in [9.17, 15) is 4.79 Å². The van der Waals surface area contributed by atoms with Crippen molar-refractivity contribution in [3.05, 3.63) is 136 Å². The minimum Gasteiger partial charge on any atom is -0.493 e. The number of halogens is 1. The van der Waals surface area contributed by atoms with Crippen LogP contribution in [0.4, 0.5) is 0 Å². The first kappa shape index (κ1) is 26.6. The molecule has 0 bridgehead atoms. The summed E-state index contributed by atoms with van der Waals surface area (Å²) < 4.78 is 13.3. The Balaban J connectivity index is 1.43. The zero-order valence-electron chi connectivity index (χ0n) is 22.3. The normalized spacial score (nSPS) is 11.2. The van der Waals surface area contributed by atoms with Gasteiger partial charge in [0.15, 0.2) is 0 Å². The summed E-state index contributed by atoms with van der Waals surface area (Å²) in [5, 5.41) is 1.87. The Morgan fingerprint density at radius 1 is 0.846 bits per heavy atom. The van der Waals surface area contributed by atoms with Gasteiger partial charge in [-0.15, -0.1) is 0 Å². The summed E-state index contributed by atoms with van der Waals surface area (Å²) in [6.45, 7) is 2.73. The van der Waals surface area contributed by atoms with Gasteiger partial charge in [0, 0.05) is 34.5 Å². The lowest BCUT2D eigenvalue weighted by Crippen LogP contribution is -2.14. The van der Waals surface area contributed by atoms with E-state index in [2.05, 4.69) is 84.3 Å². The van der Waals surface area contributed by atoms with Gasteiger partial charge in [-0.05, 0) is 65.9 Å². The van der Waals surface area contributed by atoms with Crippen LogP contribution >= 0.6 is 11.6 Å². The number of benzene rings is 4. The van der Waals surface area contributed by atoms with E-state index in [1.807, 2.05) is 30.3 Å². The summed E-state index contributed by atoms with van der Waals surface area (Å²) in [6, 6.07) is 35.4. The molecule has 0 aliphatic carbocycles. The van der Waals surface area contributed by atoms with Crippen molar-refractivity contribution in [1.29, 1.82) is 0 Å². The fourth-order valence-electron chi connectivity index (χ4n) is 5.26. The van der Waals surface area contributed by atoms with Crippen molar-refractivity contribution >= 4 is 28.5 Å². The first-order valence-corrected chi connectivity index (χ1v) is 13.6. The number of aryl methyl sites for hydroxylation is 1. The Labute approximate surface area is 234 Å². The minimum absolute atomic E-state index is 0.0308. The van der Waals surface area contributed by atoms with Crippen molar-refractivity contribution in [3.63, 3.8) is 0 Å². The second-order valence-electron chi connectivity index (χ2n) is 9.64. The number of carbonyl (C=O) groups is 1. The van der Waals surface area contributed by atoms with Crippen LogP contribution in [0, 0.1) is 6.92 Å². The van der Waals surface area contributed by atoms with Crippen molar-refractivity contribution < 1.29 is 14.3 Å². The monoisotopic (exact) mass is 537 g/mol. The van der Waals surface area contributed by atoms with Gasteiger partial charge in [-0.1, -0.05) is 84.4 Å². The van der Waals surface area contributed by atoms with E-state index in [0.29, 0.717) is 19.4 Å². The summed E-state index contributed by atoms with van der Waals surface area (Å²) >= 11 is 6.50. The number of aromatic nitrogens is 1. The Kier molecular flexibility index (Phi) is 8.33. The number of methoxy groups -OCH3 is 1. The molecule has 0 fully saturated rings. The maximum Gasteiger partial charge on any atom is 0.305 e. The van der Waals surface area contributed by atoms with Gasteiger partial charge in [-0.2, -0.15) is 0 Å². The first-order valence-electron chi connectivity index (χ1n) is 13.2. The van der Waals surface area contributed by atoms with Crippen molar-refractivity contribution in [2.45, 2.75) is 32.2 Å². The molecule has 39 heavy (non-hydrogen) atoms. The number of carbonyl (C=O) groups excluding carboxylic acids is 1. The van der Waals surface area contributed by atoms with Gasteiger partial charge in [0.25, 0.3) is 0 Å². The third-order valence-electron chi connectivity index (χ3n) is 7.22. The molecule has 0 spiro atoms. The van der Waals surface area contributed by atoms with E-state index < -0.39 is 0 Å². The van der Waals surface area contributed by atoms with Gasteiger partial charge in [-0.3, -0.25) is 4.79 Å². The second kappa shape index (κ2) is 12.2. The van der Waals surface area contributed by atoms with Crippen LogP contribution in [0.5, 0.6) is 5.75 Å². The second-order valence-corrected chi connectivity index (χ2v) is 10.1. The molecule has 0 N–H and O–H groups in total. The highest BCUT2D eigenvalue weighted by molar-refractivity contribution is 6.31. The fourth-order valence-corrected chi connectivity index (χ4v) is 5.43. The predicted octanol–water partition coefficient (Wildman–Crippen LogP) is 7.97. The van der Waals surface area contributed by atoms with Gasteiger partial charge < -0.3 is 14.0 Å². The van der Waals surface area contributed by atoms with Crippen molar-refractivity contribution in [2.24, 2.45) is 0 Å². The highest BCUT2D eigenvalue weighted by Crippen LogP contribution is 2.37. The molecule has 198 valence electrons. The van der Waals surface area contributed by atoms with Crippen molar-refractivity contribution in [1.82, 2.24) is 4.57 Å². The molecule has 0 saturated carbocycles. The molecular weight excluding hydrogens is 506 g/mol. The number of ether oxygens (including phenoxy) is 2. The third-order valence-corrected chi connectivity index (χ3v) is 7.45. The van der Waals surface area contributed by atoms with Gasteiger partial charge in [0.2, 0.25) is 0 Å². The van der Waals surface area contributed by atoms with Crippen LogP contribution in [0.1, 0.15) is 40.4 Å². The number of esters is 1. The van der Waals surface area contributed by atoms with Crippen LogP contribution in [0.15, 0.2) is 103 Å². The molecule has 0 atom stereocenters. The van der Waals surface area contributed by atoms with E-state index in [-0.39, 0.29) is 12.0 Å². The van der Waals surface area contributed by atoms with Gasteiger partial charge in [0.05, 0.1) is 19.8 Å². The van der Waals surface area contributed by atoms with Crippen LogP contribution in [0.2, 0.25) is 5.02 Å². The molecule has 0 amide bonds. The van der Waals surface area contributed by atoms with E-state index in [0.717, 1.165) is 33.7 Å². The Morgan fingerprint density at radius 2 is 1.49 bits per heavy atom. The van der Waals surface area contributed by atoms with Gasteiger partial charge in [-0.25, -0.2) is 0 Å². The minimum atomic E-state index is -0.202. The van der Waals surface area contributed by atoms with Crippen LogP contribution in [-0.4, -0.2) is 24.3 Å². The average Bonchev–Trinajstić information content (AvgIpc) is 3.23. The van der Waals surface area contributed by atoms with E-state index in [1.165, 1.54) is 29.5 Å². The zero-order valence-corrected chi connectivity index (χ0v) is 23.0. The smallest absolute Gasteiger partial charge is 0.305 e. The highest BCUT2D eigenvalue weighted by Gasteiger charge is 2.23. The first-order chi connectivity index (χ1) is 19.0. The summed E-state index contributed by atoms with van der Waals surface area (Å²) in [5.41, 5.74) is 7.13.